The van der Waals surface area contributed by atoms with Crippen molar-refractivity contribution in [3.8, 4) is 0 Å². The molecule has 0 atom stereocenters. The Morgan fingerprint density at radius 2 is 2.30 bits per heavy atom. The first-order valence-corrected chi connectivity index (χ1v) is 3.78. The molecular formula is C2H3N4O3S. The molecule has 10 heavy (non-hydrogen) atoms. The number of tetrazole rings is 1. The second-order valence-corrected chi connectivity index (χ2v) is 2.91. The Hall–Kier alpha value is -1.02. The van der Waals surface area contributed by atoms with Gasteiger partial charge in [0.2, 0.25) is 6.33 Å². The molecule has 8 heteroatoms. The first-order chi connectivity index (χ1) is 4.58. The summed E-state index contributed by atoms with van der Waals surface area (Å²) >= 11 is 0. The zero-order chi connectivity index (χ0) is 7.61. The van der Waals surface area contributed by atoms with Crippen molar-refractivity contribution in [3.63, 3.8) is 0 Å². The molecule has 0 bridgehead atoms. The van der Waals surface area contributed by atoms with Crippen LogP contribution in [0.25, 0.3) is 0 Å². The molecule has 55 valence electrons. The molecule has 0 unspecified atom stereocenters. The van der Waals surface area contributed by atoms with E-state index in [-0.39, 0.29) is 0 Å². The SMILES string of the molecule is O=S(=O)(O)Cn1[c]nnn1. The van der Waals surface area contributed by atoms with Crippen LogP contribution in [0.1, 0.15) is 0 Å². The van der Waals surface area contributed by atoms with Gasteiger partial charge in [-0.2, -0.15) is 8.42 Å². The molecule has 1 aromatic rings. The second-order valence-electron chi connectivity index (χ2n) is 1.49. The minimum absolute atomic E-state index is 0.667. The predicted molar refractivity (Wildman–Crippen MR) is 28.2 cm³/mol. The Labute approximate surface area is 56.4 Å². The summed E-state index contributed by atoms with van der Waals surface area (Å²) in [6.45, 7) is 0. The first-order valence-electron chi connectivity index (χ1n) is 2.17. The van der Waals surface area contributed by atoms with Gasteiger partial charge in [0.1, 0.15) is 0 Å². The monoisotopic (exact) mass is 163 g/mol. The molecule has 0 amide bonds. The molecule has 0 aliphatic heterocycles. The van der Waals surface area contributed by atoms with Gasteiger partial charge in [0.05, 0.1) is 0 Å². The van der Waals surface area contributed by atoms with Crippen molar-refractivity contribution in [1.29, 1.82) is 0 Å². The maximum atomic E-state index is 10.1. The smallest absolute Gasteiger partial charge is 0.284 e. The summed E-state index contributed by atoms with van der Waals surface area (Å²) in [5.41, 5.74) is 0. The number of hydrogen-bond donors (Lipinski definition) is 1. The number of rotatable bonds is 2. The third-order valence-electron chi connectivity index (χ3n) is 0.638. The quantitative estimate of drug-likeness (QED) is 0.523. The maximum absolute atomic E-state index is 10.1. The minimum atomic E-state index is -4.06. The fourth-order valence-corrected chi connectivity index (χ4v) is 0.788. The van der Waals surface area contributed by atoms with Crippen molar-refractivity contribution in [3.05, 3.63) is 6.33 Å². The van der Waals surface area contributed by atoms with E-state index in [1.165, 1.54) is 0 Å². The van der Waals surface area contributed by atoms with Crippen LogP contribution in [0.3, 0.4) is 0 Å². The highest BCUT2D eigenvalue weighted by Crippen LogP contribution is 1.85. The summed E-state index contributed by atoms with van der Waals surface area (Å²) in [6, 6.07) is 0. The largest absolute Gasteiger partial charge is 0.285 e. The second kappa shape index (κ2) is 2.31. The number of aromatic nitrogens is 4. The van der Waals surface area contributed by atoms with Crippen LogP contribution in [0.4, 0.5) is 0 Å². The standard InChI is InChI=1S/C2H3N4O3S/c7-10(8,9)2-6-1-3-4-5-6/h2H2,(H,7,8,9). The normalized spacial score (nSPS) is 11.7. The van der Waals surface area contributed by atoms with E-state index in [4.69, 9.17) is 4.55 Å². The molecule has 0 aromatic carbocycles. The van der Waals surface area contributed by atoms with Crippen LogP contribution in [-0.2, 0) is 16.0 Å². The zero-order valence-corrected chi connectivity index (χ0v) is 5.48. The zero-order valence-electron chi connectivity index (χ0n) is 4.67. The van der Waals surface area contributed by atoms with E-state index in [1.807, 2.05) is 0 Å². The molecule has 0 saturated heterocycles. The van der Waals surface area contributed by atoms with E-state index in [0.717, 1.165) is 4.68 Å². The summed E-state index contributed by atoms with van der Waals surface area (Å²) in [4.78, 5) is 0. The van der Waals surface area contributed by atoms with Crippen LogP contribution in [0.5, 0.6) is 0 Å². The highest BCUT2D eigenvalue weighted by Gasteiger charge is 2.05. The lowest BCUT2D eigenvalue weighted by Crippen LogP contribution is -2.10. The van der Waals surface area contributed by atoms with Gasteiger partial charge in [0.15, 0.2) is 5.88 Å². The third kappa shape index (κ3) is 2.07. The summed E-state index contributed by atoms with van der Waals surface area (Å²) in [5.74, 6) is -0.667. The first kappa shape index (κ1) is 7.09. The Bertz CT molecular complexity index is 288. The van der Waals surface area contributed by atoms with Gasteiger partial charge in [-0.25, -0.2) is 4.68 Å². The van der Waals surface area contributed by atoms with E-state index in [1.54, 1.807) is 0 Å². The van der Waals surface area contributed by atoms with E-state index < -0.39 is 16.0 Å². The molecule has 1 radical (unpaired) electrons. The fourth-order valence-electron chi connectivity index (χ4n) is 0.369. The Morgan fingerprint density at radius 3 is 2.70 bits per heavy atom. The van der Waals surface area contributed by atoms with Crippen LogP contribution in [0, 0.1) is 6.33 Å². The van der Waals surface area contributed by atoms with Gasteiger partial charge in [0.25, 0.3) is 10.1 Å². The molecule has 0 aliphatic rings. The van der Waals surface area contributed by atoms with E-state index >= 15 is 0 Å². The van der Waals surface area contributed by atoms with Crippen molar-refractivity contribution < 1.29 is 13.0 Å². The van der Waals surface area contributed by atoms with E-state index in [2.05, 4.69) is 21.9 Å². The van der Waals surface area contributed by atoms with E-state index in [0.29, 0.717) is 0 Å². The van der Waals surface area contributed by atoms with Gasteiger partial charge < -0.3 is 0 Å². The lowest BCUT2D eigenvalue weighted by Gasteiger charge is -1.91. The van der Waals surface area contributed by atoms with Gasteiger partial charge in [-0.3, -0.25) is 4.55 Å². The van der Waals surface area contributed by atoms with Crippen molar-refractivity contribution in [1.82, 2.24) is 20.2 Å². The van der Waals surface area contributed by atoms with Crippen LogP contribution < -0.4 is 0 Å². The van der Waals surface area contributed by atoms with Crippen molar-refractivity contribution >= 4 is 10.1 Å². The Balaban J connectivity index is 2.75. The molecule has 0 aliphatic carbocycles. The van der Waals surface area contributed by atoms with Crippen LogP contribution in [0.2, 0.25) is 0 Å². The molecule has 0 spiro atoms. The average molecular weight is 163 g/mol. The topological polar surface area (TPSA) is 98.0 Å². The highest BCUT2D eigenvalue weighted by molar-refractivity contribution is 7.84. The molecule has 7 nitrogen and oxygen atoms in total. The van der Waals surface area contributed by atoms with Crippen molar-refractivity contribution in [2.45, 2.75) is 5.88 Å². The molecular weight excluding hydrogens is 160 g/mol. The molecule has 1 N–H and O–H groups in total. The van der Waals surface area contributed by atoms with Crippen molar-refractivity contribution in [2.75, 3.05) is 0 Å². The van der Waals surface area contributed by atoms with Crippen LogP contribution in [0.15, 0.2) is 0 Å². The Morgan fingerprint density at radius 1 is 1.60 bits per heavy atom. The summed E-state index contributed by atoms with van der Waals surface area (Å²) < 4.78 is 29.2. The summed E-state index contributed by atoms with van der Waals surface area (Å²) in [5, 5.41) is 9.31. The van der Waals surface area contributed by atoms with Gasteiger partial charge in [-0.15, -0.1) is 5.10 Å². The summed E-state index contributed by atoms with van der Waals surface area (Å²) in [6.07, 6.45) is 2.10. The third-order valence-corrected chi connectivity index (χ3v) is 1.21. The highest BCUT2D eigenvalue weighted by atomic mass is 32.2. The molecule has 1 rings (SSSR count). The minimum Gasteiger partial charge on any atom is -0.284 e. The lowest BCUT2D eigenvalue weighted by atomic mass is 11.2. The summed E-state index contributed by atoms with van der Waals surface area (Å²) in [7, 11) is -4.06. The van der Waals surface area contributed by atoms with Crippen LogP contribution in [-0.4, -0.2) is 33.2 Å². The predicted octanol–water partition coefficient (Wildman–Crippen LogP) is -1.68. The fraction of sp³-hybridized carbons (Fsp3) is 0.500. The average Bonchev–Trinajstić information content (AvgIpc) is 2.12. The number of hydrogen-bond acceptors (Lipinski definition) is 5. The number of nitrogens with zero attached hydrogens (tertiary/aromatic N) is 4. The van der Waals surface area contributed by atoms with Gasteiger partial charge in [-0.05, 0) is 10.4 Å². The van der Waals surface area contributed by atoms with Crippen LogP contribution >= 0.6 is 0 Å². The van der Waals surface area contributed by atoms with Gasteiger partial charge >= 0.3 is 0 Å². The molecule has 0 fully saturated rings. The Kier molecular flexibility index (Phi) is 1.64. The molecule has 1 heterocycles. The van der Waals surface area contributed by atoms with Gasteiger partial charge in [-0.1, -0.05) is 0 Å². The van der Waals surface area contributed by atoms with Crippen molar-refractivity contribution in [2.24, 2.45) is 0 Å². The molecule has 0 saturated carbocycles. The lowest BCUT2D eigenvalue weighted by molar-refractivity contribution is 0.464. The molecule has 1 aromatic heterocycles. The maximum Gasteiger partial charge on any atom is 0.285 e. The van der Waals surface area contributed by atoms with E-state index in [9.17, 15) is 8.42 Å². The van der Waals surface area contributed by atoms with Gasteiger partial charge in [0, 0.05) is 0 Å².